The third-order valence-corrected chi connectivity index (χ3v) is 7.78. The summed E-state index contributed by atoms with van der Waals surface area (Å²) < 4.78 is 48.5. The molecule has 2 aromatic rings. The lowest BCUT2D eigenvalue weighted by Crippen LogP contribution is -2.29. The number of rotatable bonds is 7. The number of hydrogen-bond acceptors (Lipinski definition) is 1. The van der Waals surface area contributed by atoms with E-state index in [2.05, 4.69) is 37.8 Å². The van der Waals surface area contributed by atoms with E-state index in [1.807, 2.05) is 0 Å². The summed E-state index contributed by atoms with van der Waals surface area (Å²) in [5.74, 6) is 0.967. The highest BCUT2D eigenvalue weighted by molar-refractivity contribution is 5.36. The Bertz CT molecular complexity index is 921. The third-order valence-electron chi connectivity index (χ3n) is 7.78. The van der Waals surface area contributed by atoms with Crippen LogP contribution in [-0.2, 0) is 11.2 Å². The molecule has 4 rings (SSSR count). The van der Waals surface area contributed by atoms with Crippen molar-refractivity contribution in [3.8, 4) is 0 Å². The van der Waals surface area contributed by atoms with Crippen LogP contribution in [0.5, 0.6) is 0 Å². The van der Waals surface area contributed by atoms with Crippen LogP contribution in [0.2, 0.25) is 0 Å². The van der Waals surface area contributed by atoms with Crippen molar-refractivity contribution in [3.63, 3.8) is 0 Å². The van der Waals surface area contributed by atoms with E-state index in [1.165, 1.54) is 36.8 Å². The Morgan fingerprint density at radius 2 is 1.67 bits per heavy atom. The van der Waals surface area contributed by atoms with Crippen molar-refractivity contribution in [1.82, 2.24) is 0 Å². The molecule has 0 amide bonds. The molecule has 1 nitrogen and oxygen atoms in total. The second-order valence-corrected chi connectivity index (χ2v) is 9.85. The monoisotopic (exact) mass is 456 g/mol. The van der Waals surface area contributed by atoms with E-state index >= 15 is 4.39 Å². The summed E-state index contributed by atoms with van der Waals surface area (Å²) in [5, 5.41) is 0. The Balaban J connectivity index is 1.35. The Labute approximate surface area is 196 Å². The van der Waals surface area contributed by atoms with Gasteiger partial charge >= 0.3 is 0 Å². The Hall–Kier alpha value is -2.07. The minimum atomic E-state index is -2.83. The quantitative estimate of drug-likeness (QED) is 0.379. The van der Waals surface area contributed by atoms with Crippen molar-refractivity contribution in [2.45, 2.75) is 76.7 Å². The van der Waals surface area contributed by atoms with Crippen molar-refractivity contribution in [3.05, 3.63) is 82.7 Å². The van der Waals surface area contributed by atoms with Gasteiger partial charge in [-0.15, -0.1) is 6.58 Å². The third kappa shape index (κ3) is 5.54. The molecule has 33 heavy (non-hydrogen) atoms. The van der Waals surface area contributed by atoms with Gasteiger partial charge in [0.2, 0.25) is 0 Å². The molecule has 1 saturated heterocycles. The molecule has 0 bridgehead atoms. The molecule has 2 aromatic carbocycles. The lowest BCUT2D eigenvalue weighted by atomic mass is 9.72. The zero-order chi connectivity index (χ0) is 23.4. The molecule has 0 N–H and O–H groups in total. The molecular weight excluding hydrogens is 421 g/mol. The van der Waals surface area contributed by atoms with Crippen LogP contribution in [0.3, 0.4) is 0 Å². The Kier molecular flexibility index (Phi) is 7.95. The van der Waals surface area contributed by atoms with Crippen LogP contribution in [-0.4, -0.2) is 6.61 Å². The molecule has 1 saturated carbocycles. The summed E-state index contributed by atoms with van der Waals surface area (Å²) in [6, 6.07) is 12.2. The van der Waals surface area contributed by atoms with Gasteiger partial charge in [-0.25, -0.2) is 13.2 Å². The van der Waals surface area contributed by atoms with Crippen LogP contribution in [0.1, 0.15) is 91.2 Å². The summed E-state index contributed by atoms with van der Waals surface area (Å²) in [6.45, 7) is 6.34. The number of benzene rings is 2. The smallest absolute Gasteiger partial charge is 0.266 e. The summed E-state index contributed by atoms with van der Waals surface area (Å²) >= 11 is 0. The SMILES string of the molecule is C=CCCc1ccc(C2CCC(C3CCC(c4ccc(C)cc4)CC3)CO2)c(F)c1C(F)F. The number of aryl methyl sites for hydroxylation is 2. The van der Waals surface area contributed by atoms with E-state index in [1.54, 1.807) is 18.2 Å². The first-order chi connectivity index (χ1) is 16.0. The maximum atomic E-state index is 15.1. The van der Waals surface area contributed by atoms with Crippen LogP contribution >= 0.6 is 0 Å². The fourth-order valence-corrected chi connectivity index (χ4v) is 5.76. The lowest BCUT2D eigenvalue weighted by Gasteiger charge is -2.38. The number of hydrogen-bond donors (Lipinski definition) is 0. The first kappa shape index (κ1) is 24.1. The van der Waals surface area contributed by atoms with Gasteiger partial charge in [0.05, 0.1) is 18.3 Å². The van der Waals surface area contributed by atoms with Gasteiger partial charge in [-0.3, -0.25) is 0 Å². The fourth-order valence-electron chi connectivity index (χ4n) is 5.76. The predicted molar refractivity (Wildman–Crippen MR) is 127 cm³/mol. The molecule has 0 radical (unpaired) electrons. The van der Waals surface area contributed by atoms with E-state index < -0.39 is 23.9 Å². The van der Waals surface area contributed by atoms with Crippen molar-refractivity contribution >= 4 is 0 Å². The van der Waals surface area contributed by atoms with Crippen LogP contribution in [0, 0.1) is 24.6 Å². The van der Waals surface area contributed by atoms with E-state index in [0.29, 0.717) is 49.2 Å². The summed E-state index contributed by atoms with van der Waals surface area (Å²) in [5.41, 5.74) is 2.93. The largest absolute Gasteiger partial charge is 0.373 e. The second kappa shape index (κ2) is 10.9. The number of allylic oxidation sites excluding steroid dienone is 1. The number of halogens is 3. The molecule has 178 valence electrons. The zero-order valence-electron chi connectivity index (χ0n) is 19.5. The Morgan fingerprint density at radius 1 is 0.970 bits per heavy atom. The minimum absolute atomic E-state index is 0.286. The average Bonchev–Trinajstić information content (AvgIpc) is 2.83. The van der Waals surface area contributed by atoms with E-state index in [-0.39, 0.29) is 5.56 Å². The van der Waals surface area contributed by atoms with Gasteiger partial charge in [0.25, 0.3) is 6.43 Å². The molecule has 4 heteroatoms. The fraction of sp³-hybridized carbons (Fsp3) is 0.517. The zero-order valence-corrected chi connectivity index (χ0v) is 19.5. The minimum Gasteiger partial charge on any atom is -0.373 e. The van der Waals surface area contributed by atoms with Gasteiger partial charge in [0.15, 0.2) is 0 Å². The second-order valence-electron chi connectivity index (χ2n) is 9.85. The molecule has 2 aliphatic rings. The molecule has 2 atom stereocenters. The maximum Gasteiger partial charge on any atom is 0.266 e. The van der Waals surface area contributed by atoms with Gasteiger partial charge in [0, 0.05) is 5.56 Å². The van der Waals surface area contributed by atoms with Crippen molar-refractivity contribution in [2.24, 2.45) is 11.8 Å². The first-order valence-electron chi connectivity index (χ1n) is 12.4. The van der Waals surface area contributed by atoms with Gasteiger partial charge in [-0.05, 0) is 87.2 Å². The summed E-state index contributed by atoms with van der Waals surface area (Å²) in [7, 11) is 0. The molecule has 0 aromatic heterocycles. The molecule has 1 heterocycles. The van der Waals surface area contributed by atoms with Gasteiger partial charge < -0.3 is 4.74 Å². The summed E-state index contributed by atoms with van der Waals surface area (Å²) in [6.07, 6.45) is 5.77. The molecular formula is C29H35F3O. The van der Waals surface area contributed by atoms with Crippen molar-refractivity contribution < 1.29 is 17.9 Å². The van der Waals surface area contributed by atoms with Crippen LogP contribution < -0.4 is 0 Å². The maximum absolute atomic E-state index is 15.1. The van der Waals surface area contributed by atoms with Gasteiger partial charge in [-0.1, -0.05) is 48.0 Å². The van der Waals surface area contributed by atoms with E-state index in [4.69, 9.17) is 4.74 Å². The standard InChI is InChI=1S/C29H35F3O/c1-3-4-5-23-14-16-25(28(30)27(23)29(31)32)26-17-15-24(18-33-26)22-12-10-21(11-13-22)20-8-6-19(2)7-9-20/h3,6-9,14,16,21-22,24,26,29H,1,4-5,10-13,15,17-18H2,2H3. The van der Waals surface area contributed by atoms with Crippen LogP contribution in [0.25, 0.3) is 0 Å². The first-order valence-corrected chi connectivity index (χ1v) is 12.4. The van der Waals surface area contributed by atoms with Gasteiger partial charge in [0.1, 0.15) is 5.82 Å². The number of ether oxygens (including phenoxy) is 1. The van der Waals surface area contributed by atoms with E-state index in [0.717, 1.165) is 6.42 Å². The highest BCUT2D eigenvalue weighted by Gasteiger charge is 2.34. The van der Waals surface area contributed by atoms with Crippen LogP contribution in [0.4, 0.5) is 13.2 Å². The van der Waals surface area contributed by atoms with Crippen molar-refractivity contribution in [1.29, 1.82) is 0 Å². The highest BCUT2D eigenvalue weighted by atomic mass is 19.3. The topological polar surface area (TPSA) is 9.23 Å². The predicted octanol–water partition coefficient (Wildman–Crippen LogP) is 8.63. The molecule has 0 spiro atoms. The molecule has 2 unspecified atom stereocenters. The van der Waals surface area contributed by atoms with Crippen molar-refractivity contribution in [2.75, 3.05) is 6.61 Å². The van der Waals surface area contributed by atoms with E-state index in [9.17, 15) is 8.78 Å². The molecule has 1 aliphatic heterocycles. The lowest BCUT2D eigenvalue weighted by molar-refractivity contribution is -0.0407. The normalized spacial score (nSPS) is 25.8. The van der Waals surface area contributed by atoms with Crippen LogP contribution in [0.15, 0.2) is 49.1 Å². The van der Waals surface area contributed by atoms with Gasteiger partial charge in [-0.2, -0.15) is 0 Å². The molecule has 2 fully saturated rings. The Morgan fingerprint density at radius 3 is 2.27 bits per heavy atom. The number of alkyl halides is 2. The molecule has 1 aliphatic carbocycles. The average molecular weight is 457 g/mol. The summed E-state index contributed by atoms with van der Waals surface area (Å²) in [4.78, 5) is 0. The highest BCUT2D eigenvalue weighted by Crippen LogP contribution is 2.44.